The molecule has 1 heterocycles. The first-order valence-corrected chi connectivity index (χ1v) is 9.58. The molecule has 2 aromatic rings. The van der Waals surface area contributed by atoms with E-state index in [1.807, 2.05) is 18.2 Å². The number of hydrogen-bond acceptors (Lipinski definition) is 2. The molecule has 0 radical (unpaired) electrons. The standard InChI is InChI=1S/C23H26N2O/c1-16-7-5-6-10-18(16)13-23(24)25-14-20-19(17-8-3-2-4-9-17)11-12-22(26)21(20)15-25/h2-10,19-21,24H,11-15H2,1H3. The van der Waals surface area contributed by atoms with Crippen molar-refractivity contribution in [3.8, 4) is 0 Å². The summed E-state index contributed by atoms with van der Waals surface area (Å²) < 4.78 is 0. The van der Waals surface area contributed by atoms with Gasteiger partial charge in [0.25, 0.3) is 0 Å². The molecule has 1 aliphatic carbocycles. The van der Waals surface area contributed by atoms with Crippen molar-refractivity contribution < 1.29 is 4.79 Å². The van der Waals surface area contributed by atoms with Crippen LogP contribution in [0.25, 0.3) is 0 Å². The number of amidine groups is 1. The molecule has 26 heavy (non-hydrogen) atoms. The third-order valence-corrected chi connectivity index (χ3v) is 6.23. The maximum Gasteiger partial charge on any atom is 0.138 e. The number of aryl methyl sites for hydroxylation is 1. The number of hydrogen-bond donors (Lipinski definition) is 1. The minimum absolute atomic E-state index is 0.0891. The lowest BCUT2D eigenvalue weighted by atomic mass is 9.70. The minimum atomic E-state index is 0.0891. The number of nitrogens with one attached hydrogen (secondary N) is 1. The van der Waals surface area contributed by atoms with Crippen LogP contribution in [0.3, 0.4) is 0 Å². The first-order chi connectivity index (χ1) is 12.6. The van der Waals surface area contributed by atoms with Gasteiger partial charge in [0.15, 0.2) is 0 Å². The van der Waals surface area contributed by atoms with Gasteiger partial charge in [0.05, 0.1) is 0 Å². The Balaban J connectivity index is 1.52. The zero-order valence-electron chi connectivity index (χ0n) is 15.3. The Morgan fingerprint density at radius 1 is 1.04 bits per heavy atom. The Morgan fingerprint density at radius 2 is 1.77 bits per heavy atom. The number of carbonyl (C=O) groups is 1. The average molecular weight is 346 g/mol. The van der Waals surface area contributed by atoms with E-state index in [0.717, 1.165) is 19.5 Å². The molecule has 1 aliphatic heterocycles. The van der Waals surface area contributed by atoms with Gasteiger partial charge in [0.2, 0.25) is 0 Å². The van der Waals surface area contributed by atoms with Crippen molar-refractivity contribution in [1.29, 1.82) is 5.41 Å². The van der Waals surface area contributed by atoms with Crippen LogP contribution in [-0.4, -0.2) is 29.6 Å². The van der Waals surface area contributed by atoms with Crippen LogP contribution >= 0.6 is 0 Å². The van der Waals surface area contributed by atoms with Gasteiger partial charge >= 0.3 is 0 Å². The van der Waals surface area contributed by atoms with Gasteiger partial charge in [-0.25, -0.2) is 0 Å². The highest BCUT2D eigenvalue weighted by atomic mass is 16.1. The molecule has 2 fully saturated rings. The van der Waals surface area contributed by atoms with E-state index in [-0.39, 0.29) is 5.92 Å². The molecule has 4 rings (SSSR count). The van der Waals surface area contributed by atoms with Crippen LogP contribution in [0.1, 0.15) is 35.4 Å². The number of Topliss-reactive ketones (excluding diaryl/α,β-unsaturated/α-hetero) is 1. The minimum Gasteiger partial charge on any atom is -0.359 e. The topological polar surface area (TPSA) is 44.2 Å². The van der Waals surface area contributed by atoms with Gasteiger partial charge in [-0.15, -0.1) is 0 Å². The zero-order valence-corrected chi connectivity index (χ0v) is 15.3. The van der Waals surface area contributed by atoms with Crippen LogP contribution in [-0.2, 0) is 11.2 Å². The van der Waals surface area contributed by atoms with Gasteiger partial charge in [-0.3, -0.25) is 10.2 Å². The van der Waals surface area contributed by atoms with E-state index in [2.05, 4.69) is 48.2 Å². The molecule has 3 heteroatoms. The van der Waals surface area contributed by atoms with Gasteiger partial charge in [-0.1, -0.05) is 54.6 Å². The largest absolute Gasteiger partial charge is 0.359 e. The lowest BCUT2D eigenvalue weighted by Gasteiger charge is -2.32. The van der Waals surface area contributed by atoms with E-state index >= 15 is 0 Å². The summed E-state index contributed by atoms with van der Waals surface area (Å²) in [6.45, 7) is 3.65. The van der Waals surface area contributed by atoms with Gasteiger partial charge in [-0.2, -0.15) is 0 Å². The number of fused-ring (bicyclic) bond motifs is 1. The van der Waals surface area contributed by atoms with Crippen LogP contribution < -0.4 is 0 Å². The Morgan fingerprint density at radius 3 is 2.54 bits per heavy atom. The molecule has 2 aromatic carbocycles. The molecule has 0 spiro atoms. The summed E-state index contributed by atoms with van der Waals surface area (Å²) in [5.41, 5.74) is 3.78. The molecular formula is C23H26N2O. The van der Waals surface area contributed by atoms with Crippen molar-refractivity contribution >= 4 is 11.6 Å². The summed E-state index contributed by atoms with van der Waals surface area (Å²) in [7, 11) is 0. The Kier molecular flexibility index (Phi) is 4.62. The summed E-state index contributed by atoms with van der Waals surface area (Å²) in [6.07, 6.45) is 2.28. The van der Waals surface area contributed by atoms with Crippen LogP contribution in [0.2, 0.25) is 0 Å². The monoisotopic (exact) mass is 346 g/mol. The SMILES string of the molecule is Cc1ccccc1CC(=N)N1CC2C(=O)CCC(c3ccccc3)C2C1. The zero-order chi connectivity index (χ0) is 18.1. The van der Waals surface area contributed by atoms with Crippen LogP contribution in [0.4, 0.5) is 0 Å². The fourth-order valence-electron chi connectivity index (χ4n) is 4.71. The van der Waals surface area contributed by atoms with E-state index in [1.54, 1.807) is 0 Å². The van der Waals surface area contributed by atoms with E-state index in [1.165, 1.54) is 16.7 Å². The first kappa shape index (κ1) is 17.0. The lowest BCUT2D eigenvalue weighted by Crippen LogP contribution is -2.32. The quantitative estimate of drug-likeness (QED) is 0.668. The van der Waals surface area contributed by atoms with Gasteiger partial charge in [-0.05, 0) is 41.9 Å². The van der Waals surface area contributed by atoms with Gasteiger partial charge < -0.3 is 4.90 Å². The lowest BCUT2D eigenvalue weighted by molar-refractivity contribution is -0.125. The summed E-state index contributed by atoms with van der Waals surface area (Å²) in [5.74, 6) is 1.92. The predicted octanol–water partition coefficient (Wildman–Crippen LogP) is 4.21. The summed E-state index contributed by atoms with van der Waals surface area (Å²) in [6, 6.07) is 18.9. The highest BCUT2D eigenvalue weighted by Crippen LogP contribution is 2.43. The molecule has 0 aromatic heterocycles. The predicted molar refractivity (Wildman–Crippen MR) is 105 cm³/mol. The second kappa shape index (κ2) is 7.06. The van der Waals surface area contributed by atoms with Crippen molar-refractivity contribution in [3.63, 3.8) is 0 Å². The third kappa shape index (κ3) is 3.18. The number of likely N-dealkylation sites (tertiary alicyclic amines) is 1. The number of carbonyl (C=O) groups excluding carboxylic acids is 1. The van der Waals surface area contributed by atoms with Crippen molar-refractivity contribution in [1.82, 2.24) is 4.90 Å². The molecule has 0 amide bonds. The number of benzene rings is 2. The van der Waals surface area contributed by atoms with Crippen molar-refractivity contribution in [2.24, 2.45) is 11.8 Å². The van der Waals surface area contributed by atoms with Gasteiger partial charge in [0, 0.05) is 31.8 Å². The van der Waals surface area contributed by atoms with Crippen LogP contribution in [0, 0.1) is 24.2 Å². The highest BCUT2D eigenvalue weighted by molar-refractivity contribution is 5.86. The second-order valence-electron chi connectivity index (χ2n) is 7.75. The fourth-order valence-corrected chi connectivity index (χ4v) is 4.71. The maximum atomic E-state index is 12.5. The molecule has 134 valence electrons. The fraction of sp³-hybridized carbons (Fsp3) is 0.391. The van der Waals surface area contributed by atoms with Crippen molar-refractivity contribution in [3.05, 3.63) is 71.3 Å². The van der Waals surface area contributed by atoms with E-state index in [9.17, 15) is 4.79 Å². The first-order valence-electron chi connectivity index (χ1n) is 9.58. The molecule has 3 nitrogen and oxygen atoms in total. The second-order valence-corrected chi connectivity index (χ2v) is 7.75. The van der Waals surface area contributed by atoms with Crippen LogP contribution in [0.5, 0.6) is 0 Å². The number of ketones is 1. The highest BCUT2D eigenvalue weighted by Gasteiger charge is 2.45. The van der Waals surface area contributed by atoms with E-state index in [0.29, 0.717) is 36.3 Å². The maximum absolute atomic E-state index is 12.5. The number of rotatable bonds is 3. The van der Waals surface area contributed by atoms with Crippen molar-refractivity contribution in [2.45, 2.75) is 32.1 Å². The molecular weight excluding hydrogens is 320 g/mol. The molecule has 3 unspecified atom stereocenters. The Hall–Kier alpha value is -2.42. The smallest absolute Gasteiger partial charge is 0.138 e. The average Bonchev–Trinajstić information content (AvgIpc) is 3.11. The summed E-state index contributed by atoms with van der Waals surface area (Å²) >= 11 is 0. The molecule has 0 bridgehead atoms. The van der Waals surface area contributed by atoms with Gasteiger partial charge in [0.1, 0.15) is 11.6 Å². The Labute approximate surface area is 155 Å². The molecule has 2 aliphatic rings. The summed E-state index contributed by atoms with van der Waals surface area (Å²) in [5, 5.41) is 8.62. The molecule has 1 saturated heterocycles. The summed E-state index contributed by atoms with van der Waals surface area (Å²) in [4.78, 5) is 14.7. The van der Waals surface area contributed by atoms with Crippen LogP contribution in [0.15, 0.2) is 54.6 Å². The van der Waals surface area contributed by atoms with Crippen molar-refractivity contribution in [2.75, 3.05) is 13.1 Å². The van der Waals surface area contributed by atoms with E-state index in [4.69, 9.17) is 5.41 Å². The molecule has 1 saturated carbocycles. The van der Waals surface area contributed by atoms with E-state index < -0.39 is 0 Å². The molecule has 3 atom stereocenters. The molecule has 1 N–H and O–H groups in total. The number of nitrogens with zero attached hydrogens (tertiary/aromatic N) is 1. The Bertz CT molecular complexity index is 814. The normalized spacial score (nSPS) is 25.2. The third-order valence-electron chi connectivity index (χ3n) is 6.23.